The van der Waals surface area contributed by atoms with Gasteiger partial charge in [0.2, 0.25) is 0 Å². The molecular formula is C8H18N2O. The van der Waals surface area contributed by atoms with Crippen LogP contribution >= 0.6 is 0 Å². The van der Waals surface area contributed by atoms with Gasteiger partial charge >= 0.3 is 0 Å². The third-order valence-corrected chi connectivity index (χ3v) is 2.57. The van der Waals surface area contributed by atoms with Crippen molar-refractivity contribution in [2.45, 2.75) is 25.0 Å². The quantitative estimate of drug-likeness (QED) is 0.617. The predicted octanol–water partition coefficient (Wildman–Crippen LogP) is 0.0543. The number of likely N-dealkylation sites (N-methyl/N-ethyl adjacent to an activating group) is 1. The standard InChI is InChI=1S/C8H18N2O/c1-10-4-3-8(11-2)5-7(10)6-9/h7-8H,3-6,9H2,1-2H3. The largest absolute Gasteiger partial charge is 0.381 e. The maximum absolute atomic E-state index is 5.61. The molecule has 0 bridgehead atoms. The molecule has 0 aromatic carbocycles. The minimum atomic E-state index is 0.430. The van der Waals surface area contributed by atoms with E-state index in [0.717, 1.165) is 25.9 Å². The van der Waals surface area contributed by atoms with Gasteiger partial charge in [-0.2, -0.15) is 0 Å². The molecule has 2 unspecified atom stereocenters. The first kappa shape index (κ1) is 8.97. The van der Waals surface area contributed by atoms with Crippen LogP contribution in [0.5, 0.6) is 0 Å². The van der Waals surface area contributed by atoms with Crippen molar-refractivity contribution in [1.29, 1.82) is 0 Å². The topological polar surface area (TPSA) is 38.5 Å². The zero-order chi connectivity index (χ0) is 8.27. The Kier molecular flexibility index (Phi) is 3.30. The summed E-state index contributed by atoms with van der Waals surface area (Å²) in [5, 5.41) is 0. The molecule has 0 radical (unpaired) electrons. The Morgan fingerprint density at radius 2 is 2.36 bits per heavy atom. The van der Waals surface area contributed by atoms with Gasteiger partial charge in [-0.1, -0.05) is 0 Å². The molecule has 0 saturated carbocycles. The van der Waals surface area contributed by atoms with Crippen molar-refractivity contribution in [3.8, 4) is 0 Å². The summed E-state index contributed by atoms with van der Waals surface area (Å²) < 4.78 is 5.29. The van der Waals surface area contributed by atoms with Crippen molar-refractivity contribution < 1.29 is 4.74 Å². The molecule has 1 heterocycles. The van der Waals surface area contributed by atoms with Crippen LogP contribution in [0, 0.1) is 0 Å². The lowest BCUT2D eigenvalue weighted by molar-refractivity contribution is 0.0230. The highest BCUT2D eigenvalue weighted by Crippen LogP contribution is 2.16. The Hall–Kier alpha value is -0.120. The number of hydrogen-bond acceptors (Lipinski definition) is 3. The van der Waals surface area contributed by atoms with Crippen LogP contribution in [0.2, 0.25) is 0 Å². The Balaban J connectivity index is 2.37. The molecule has 66 valence electrons. The summed E-state index contributed by atoms with van der Waals surface area (Å²) in [7, 11) is 3.91. The second kappa shape index (κ2) is 4.04. The van der Waals surface area contributed by atoms with Crippen LogP contribution in [0.3, 0.4) is 0 Å². The summed E-state index contributed by atoms with van der Waals surface area (Å²) in [6.45, 7) is 1.86. The third-order valence-electron chi connectivity index (χ3n) is 2.57. The van der Waals surface area contributed by atoms with Gasteiger partial charge in [-0.3, -0.25) is 0 Å². The van der Waals surface area contributed by atoms with Crippen molar-refractivity contribution in [3.63, 3.8) is 0 Å². The molecular weight excluding hydrogens is 140 g/mol. The van der Waals surface area contributed by atoms with Crippen molar-refractivity contribution in [2.75, 3.05) is 27.2 Å². The molecule has 0 aromatic rings. The second-order valence-electron chi connectivity index (χ2n) is 3.25. The molecule has 0 spiro atoms. The SMILES string of the molecule is COC1CCN(C)C(CN)C1. The highest BCUT2D eigenvalue weighted by atomic mass is 16.5. The Morgan fingerprint density at radius 1 is 1.64 bits per heavy atom. The zero-order valence-corrected chi connectivity index (χ0v) is 7.42. The van der Waals surface area contributed by atoms with Gasteiger partial charge in [0.05, 0.1) is 6.10 Å². The van der Waals surface area contributed by atoms with E-state index in [1.54, 1.807) is 7.11 Å². The number of rotatable bonds is 2. The summed E-state index contributed by atoms with van der Waals surface area (Å²) in [6.07, 6.45) is 2.66. The number of ether oxygens (including phenoxy) is 1. The van der Waals surface area contributed by atoms with Gasteiger partial charge in [0, 0.05) is 26.2 Å². The fourth-order valence-electron chi connectivity index (χ4n) is 1.62. The first-order valence-electron chi connectivity index (χ1n) is 4.21. The first-order valence-corrected chi connectivity index (χ1v) is 4.21. The lowest BCUT2D eigenvalue weighted by Crippen LogP contribution is -2.46. The van der Waals surface area contributed by atoms with Crippen molar-refractivity contribution >= 4 is 0 Å². The van der Waals surface area contributed by atoms with E-state index >= 15 is 0 Å². The number of nitrogens with zero attached hydrogens (tertiary/aromatic N) is 1. The van der Waals surface area contributed by atoms with Gasteiger partial charge < -0.3 is 15.4 Å². The molecule has 2 atom stereocenters. The van der Waals surface area contributed by atoms with Gasteiger partial charge in [0.15, 0.2) is 0 Å². The van der Waals surface area contributed by atoms with Crippen LogP contribution in [-0.4, -0.2) is 44.3 Å². The normalized spacial score (nSPS) is 34.1. The van der Waals surface area contributed by atoms with Gasteiger partial charge in [0.25, 0.3) is 0 Å². The number of hydrogen-bond donors (Lipinski definition) is 1. The third kappa shape index (κ3) is 2.15. The zero-order valence-electron chi connectivity index (χ0n) is 7.42. The van der Waals surface area contributed by atoms with E-state index in [2.05, 4.69) is 11.9 Å². The van der Waals surface area contributed by atoms with Crippen LogP contribution in [0.25, 0.3) is 0 Å². The lowest BCUT2D eigenvalue weighted by Gasteiger charge is -2.35. The number of methoxy groups -OCH3 is 1. The van der Waals surface area contributed by atoms with E-state index in [-0.39, 0.29) is 0 Å². The Bertz CT molecular complexity index is 119. The monoisotopic (exact) mass is 158 g/mol. The fraction of sp³-hybridized carbons (Fsp3) is 1.00. The Labute approximate surface area is 68.5 Å². The molecule has 3 nitrogen and oxygen atoms in total. The predicted molar refractivity (Wildman–Crippen MR) is 45.5 cm³/mol. The average Bonchev–Trinajstić information content (AvgIpc) is 2.05. The summed E-state index contributed by atoms with van der Waals surface area (Å²) in [5.74, 6) is 0. The van der Waals surface area contributed by atoms with Crippen LogP contribution in [0.4, 0.5) is 0 Å². The molecule has 1 aliphatic rings. The van der Waals surface area contributed by atoms with Gasteiger partial charge in [-0.15, -0.1) is 0 Å². The summed E-state index contributed by atoms with van der Waals surface area (Å²) >= 11 is 0. The molecule has 0 amide bonds. The molecule has 3 heteroatoms. The molecule has 0 aliphatic carbocycles. The molecule has 1 fully saturated rings. The average molecular weight is 158 g/mol. The maximum atomic E-state index is 5.61. The molecule has 0 aromatic heterocycles. The van der Waals surface area contributed by atoms with Gasteiger partial charge in [-0.05, 0) is 19.9 Å². The van der Waals surface area contributed by atoms with Crippen molar-refractivity contribution in [2.24, 2.45) is 5.73 Å². The van der Waals surface area contributed by atoms with Crippen molar-refractivity contribution in [1.82, 2.24) is 4.90 Å². The molecule has 1 saturated heterocycles. The van der Waals surface area contributed by atoms with E-state index in [1.165, 1.54) is 0 Å². The highest BCUT2D eigenvalue weighted by molar-refractivity contribution is 4.80. The fourth-order valence-corrected chi connectivity index (χ4v) is 1.62. The first-order chi connectivity index (χ1) is 5.27. The van der Waals surface area contributed by atoms with Gasteiger partial charge in [0.1, 0.15) is 0 Å². The summed E-state index contributed by atoms with van der Waals surface area (Å²) in [5.41, 5.74) is 5.61. The van der Waals surface area contributed by atoms with E-state index in [4.69, 9.17) is 10.5 Å². The highest BCUT2D eigenvalue weighted by Gasteiger charge is 2.24. The smallest absolute Gasteiger partial charge is 0.0599 e. The minimum absolute atomic E-state index is 0.430. The van der Waals surface area contributed by atoms with E-state index in [1.807, 2.05) is 0 Å². The molecule has 11 heavy (non-hydrogen) atoms. The van der Waals surface area contributed by atoms with Crippen LogP contribution < -0.4 is 5.73 Å². The van der Waals surface area contributed by atoms with E-state index in [0.29, 0.717) is 12.1 Å². The molecule has 2 N–H and O–H groups in total. The maximum Gasteiger partial charge on any atom is 0.0599 e. The van der Waals surface area contributed by atoms with Crippen LogP contribution in [0.1, 0.15) is 12.8 Å². The van der Waals surface area contributed by atoms with Crippen LogP contribution in [0.15, 0.2) is 0 Å². The van der Waals surface area contributed by atoms with E-state index in [9.17, 15) is 0 Å². The Morgan fingerprint density at radius 3 is 2.91 bits per heavy atom. The second-order valence-corrected chi connectivity index (χ2v) is 3.25. The number of likely N-dealkylation sites (tertiary alicyclic amines) is 1. The van der Waals surface area contributed by atoms with E-state index < -0.39 is 0 Å². The lowest BCUT2D eigenvalue weighted by atomic mass is 10.0. The van der Waals surface area contributed by atoms with Crippen molar-refractivity contribution in [3.05, 3.63) is 0 Å². The number of piperidine rings is 1. The van der Waals surface area contributed by atoms with Gasteiger partial charge in [-0.25, -0.2) is 0 Å². The molecule has 1 rings (SSSR count). The summed E-state index contributed by atoms with van der Waals surface area (Å²) in [4.78, 5) is 2.32. The minimum Gasteiger partial charge on any atom is -0.381 e. The summed E-state index contributed by atoms with van der Waals surface area (Å²) in [6, 6.07) is 0.522. The van der Waals surface area contributed by atoms with Crippen LogP contribution in [-0.2, 0) is 4.74 Å². The number of nitrogens with two attached hydrogens (primary N) is 1. The molecule has 1 aliphatic heterocycles.